The van der Waals surface area contributed by atoms with Gasteiger partial charge in [0.05, 0.1) is 0 Å². The largest absolute Gasteiger partial charge is 0.446 e. The molecule has 10 heteroatoms. The summed E-state index contributed by atoms with van der Waals surface area (Å²) in [6.45, 7) is 1.47. The molecule has 0 aromatic rings. The Labute approximate surface area is 86.7 Å². The van der Waals surface area contributed by atoms with Crippen molar-refractivity contribution in [3.8, 4) is 0 Å². The standard InChI is InChI=1S/C5H8O8S2/c1-2-3-5(13-15(9,10)11)4-12-14(6,7)8/h2-4H,1H3,(H,6,7,8)(H,9,10,11)/b3-2+,5-4+. The van der Waals surface area contributed by atoms with Crippen molar-refractivity contribution >= 4 is 20.8 Å². The van der Waals surface area contributed by atoms with E-state index in [0.29, 0.717) is 6.26 Å². The predicted octanol–water partition coefficient (Wildman–Crippen LogP) is 0.0427. The van der Waals surface area contributed by atoms with E-state index >= 15 is 0 Å². The number of hydrogen-bond donors (Lipinski definition) is 2. The smallest absolute Gasteiger partial charge is 0.366 e. The summed E-state index contributed by atoms with van der Waals surface area (Å²) in [4.78, 5) is 0. The van der Waals surface area contributed by atoms with Crippen molar-refractivity contribution in [1.29, 1.82) is 0 Å². The highest BCUT2D eigenvalue weighted by atomic mass is 32.3. The van der Waals surface area contributed by atoms with Gasteiger partial charge < -0.3 is 8.37 Å². The summed E-state index contributed by atoms with van der Waals surface area (Å²) in [5.41, 5.74) is 0. The summed E-state index contributed by atoms with van der Waals surface area (Å²) in [5, 5.41) is 0. The molecule has 0 aliphatic heterocycles. The lowest BCUT2D eigenvalue weighted by atomic mass is 10.5. The molecule has 88 valence electrons. The second-order valence-electron chi connectivity index (χ2n) is 2.06. The van der Waals surface area contributed by atoms with Crippen molar-refractivity contribution in [3.63, 3.8) is 0 Å². The molecule has 0 heterocycles. The SMILES string of the molecule is C/C=C/C(=C\OS(=O)(=O)O)OS(=O)(=O)O. The summed E-state index contributed by atoms with van der Waals surface area (Å²) in [5.74, 6) is -0.627. The third-order valence-corrected chi connectivity index (χ3v) is 1.56. The zero-order chi connectivity index (χ0) is 12.1. The molecule has 15 heavy (non-hydrogen) atoms. The quantitative estimate of drug-likeness (QED) is 0.403. The van der Waals surface area contributed by atoms with Gasteiger partial charge in [-0.2, -0.15) is 16.8 Å². The molecule has 2 N–H and O–H groups in total. The minimum absolute atomic E-state index is 0.295. The second-order valence-corrected chi connectivity index (χ2v) is 4.13. The van der Waals surface area contributed by atoms with Crippen LogP contribution in [0.3, 0.4) is 0 Å². The maximum atomic E-state index is 10.2. The summed E-state index contributed by atoms with van der Waals surface area (Å²) in [7, 11) is -9.55. The van der Waals surface area contributed by atoms with Crippen LogP contribution in [0.15, 0.2) is 24.2 Å². The van der Waals surface area contributed by atoms with Crippen LogP contribution < -0.4 is 0 Å². The second kappa shape index (κ2) is 5.11. The Kier molecular flexibility index (Phi) is 4.74. The third-order valence-electron chi connectivity index (χ3n) is 0.818. The van der Waals surface area contributed by atoms with E-state index in [9.17, 15) is 16.8 Å². The molecule has 0 aliphatic carbocycles. The van der Waals surface area contributed by atoms with E-state index in [4.69, 9.17) is 9.11 Å². The van der Waals surface area contributed by atoms with Crippen LogP contribution in [0, 0.1) is 0 Å². The highest BCUT2D eigenvalue weighted by molar-refractivity contribution is 7.81. The third kappa shape index (κ3) is 9.21. The molecule has 0 rings (SSSR count). The van der Waals surface area contributed by atoms with Crippen LogP contribution in [0.1, 0.15) is 6.92 Å². The van der Waals surface area contributed by atoms with Gasteiger partial charge in [0.1, 0.15) is 0 Å². The molecule has 0 aliphatic rings. The molecule has 0 aromatic carbocycles. The minimum Gasteiger partial charge on any atom is -0.366 e. The molecule has 8 nitrogen and oxygen atoms in total. The van der Waals surface area contributed by atoms with E-state index in [0.717, 1.165) is 6.08 Å². The van der Waals surface area contributed by atoms with Crippen molar-refractivity contribution in [2.24, 2.45) is 0 Å². The Morgan fingerprint density at radius 3 is 2.00 bits per heavy atom. The van der Waals surface area contributed by atoms with Crippen LogP contribution in [-0.2, 0) is 29.2 Å². The van der Waals surface area contributed by atoms with Crippen LogP contribution in [0.25, 0.3) is 0 Å². The van der Waals surface area contributed by atoms with Crippen LogP contribution in [-0.4, -0.2) is 25.9 Å². The molecule has 0 radical (unpaired) electrons. The number of allylic oxidation sites excluding steroid dienone is 2. The monoisotopic (exact) mass is 260 g/mol. The average molecular weight is 260 g/mol. The van der Waals surface area contributed by atoms with Crippen LogP contribution in [0.2, 0.25) is 0 Å². The summed E-state index contributed by atoms with van der Waals surface area (Å²) in [6.07, 6.45) is 2.56. The molecule has 0 atom stereocenters. The average Bonchev–Trinajstić information content (AvgIpc) is 1.96. The first-order valence-electron chi connectivity index (χ1n) is 3.29. The van der Waals surface area contributed by atoms with E-state index in [1.807, 2.05) is 0 Å². The first-order chi connectivity index (χ1) is 6.64. The Morgan fingerprint density at radius 2 is 1.67 bits per heavy atom. The first kappa shape index (κ1) is 13.9. The van der Waals surface area contributed by atoms with Gasteiger partial charge in [-0.05, 0) is 13.0 Å². The fraction of sp³-hybridized carbons (Fsp3) is 0.200. The van der Waals surface area contributed by atoms with Crippen molar-refractivity contribution in [1.82, 2.24) is 0 Å². The van der Waals surface area contributed by atoms with Crippen molar-refractivity contribution in [2.75, 3.05) is 0 Å². The fourth-order valence-corrected chi connectivity index (χ4v) is 1.04. The van der Waals surface area contributed by atoms with Gasteiger partial charge in [-0.1, -0.05) is 6.08 Å². The Hall–Kier alpha value is -1.10. The molecule has 0 spiro atoms. The maximum Gasteiger partial charge on any atom is 0.446 e. The van der Waals surface area contributed by atoms with Crippen LogP contribution in [0.5, 0.6) is 0 Å². The molecule has 0 amide bonds. The van der Waals surface area contributed by atoms with E-state index < -0.39 is 26.6 Å². The van der Waals surface area contributed by atoms with E-state index in [1.165, 1.54) is 13.0 Å². The molecule has 0 fully saturated rings. The molecule has 0 saturated heterocycles. The summed E-state index contributed by atoms with van der Waals surface area (Å²) in [6, 6.07) is 0. The number of hydrogen-bond acceptors (Lipinski definition) is 6. The Balaban J connectivity index is 4.83. The van der Waals surface area contributed by atoms with Crippen LogP contribution >= 0.6 is 0 Å². The van der Waals surface area contributed by atoms with Crippen molar-refractivity contribution in [2.45, 2.75) is 6.92 Å². The van der Waals surface area contributed by atoms with Gasteiger partial charge in [-0.3, -0.25) is 9.11 Å². The van der Waals surface area contributed by atoms with Crippen molar-refractivity contribution < 1.29 is 34.3 Å². The fourth-order valence-electron chi connectivity index (χ4n) is 0.481. The first-order valence-corrected chi connectivity index (χ1v) is 6.02. The van der Waals surface area contributed by atoms with Gasteiger partial charge in [-0.15, -0.1) is 0 Å². The molecular formula is C5H8O8S2. The molecule has 0 saturated carbocycles. The molecule has 0 unspecified atom stereocenters. The van der Waals surface area contributed by atoms with E-state index in [1.54, 1.807) is 0 Å². The van der Waals surface area contributed by atoms with Gasteiger partial charge in [0.15, 0.2) is 12.0 Å². The van der Waals surface area contributed by atoms with E-state index in [-0.39, 0.29) is 0 Å². The maximum absolute atomic E-state index is 10.2. The van der Waals surface area contributed by atoms with Gasteiger partial charge in [0, 0.05) is 0 Å². The molecule has 0 aromatic heterocycles. The highest BCUT2D eigenvalue weighted by Gasteiger charge is 2.09. The zero-order valence-corrected chi connectivity index (χ0v) is 9.03. The van der Waals surface area contributed by atoms with Crippen LogP contribution in [0.4, 0.5) is 0 Å². The van der Waals surface area contributed by atoms with E-state index in [2.05, 4.69) is 8.37 Å². The zero-order valence-electron chi connectivity index (χ0n) is 7.39. The highest BCUT2D eigenvalue weighted by Crippen LogP contribution is 2.05. The summed E-state index contributed by atoms with van der Waals surface area (Å²) >= 11 is 0. The van der Waals surface area contributed by atoms with Gasteiger partial charge in [-0.25, -0.2) is 0 Å². The van der Waals surface area contributed by atoms with Gasteiger partial charge in [0.2, 0.25) is 0 Å². The van der Waals surface area contributed by atoms with Gasteiger partial charge >= 0.3 is 20.8 Å². The lowest BCUT2D eigenvalue weighted by Crippen LogP contribution is -2.04. The van der Waals surface area contributed by atoms with Crippen molar-refractivity contribution in [3.05, 3.63) is 24.2 Å². The minimum atomic E-state index is -4.79. The Bertz CT molecular complexity index is 453. The lowest BCUT2D eigenvalue weighted by Gasteiger charge is -2.01. The predicted molar refractivity (Wildman–Crippen MR) is 48.2 cm³/mol. The molecular weight excluding hydrogens is 252 g/mol. The topological polar surface area (TPSA) is 127 Å². The number of rotatable bonds is 5. The summed E-state index contributed by atoms with van der Waals surface area (Å²) < 4.78 is 64.6. The lowest BCUT2D eigenvalue weighted by molar-refractivity contribution is 0.313. The van der Waals surface area contributed by atoms with Gasteiger partial charge in [0.25, 0.3) is 0 Å². The normalized spacial score (nSPS) is 14.2. The Morgan fingerprint density at radius 1 is 1.13 bits per heavy atom. The molecule has 0 bridgehead atoms.